The molecular weight excluding hydrogens is 346 g/mol. The summed E-state index contributed by atoms with van der Waals surface area (Å²) >= 11 is 0. The minimum atomic E-state index is -0.330. The maximum absolute atomic E-state index is 12.0. The number of imide groups is 1. The normalized spacial score (nSPS) is 16.8. The van der Waals surface area contributed by atoms with Crippen LogP contribution < -0.4 is 5.32 Å². The van der Waals surface area contributed by atoms with Crippen LogP contribution in [0, 0.1) is 0 Å². The molecule has 1 aliphatic carbocycles. The van der Waals surface area contributed by atoms with E-state index in [4.69, 9.17) is 0 Å². The highest BCUT2D eigenvalue weighted by molar-refractivity contribution is 6.04. The molecule has 1 aliphatic heterocycles. The molecule has 8 nitrogen and oxygen atoms in total. The first-order valence-electron chi connectivity index (χ1n) is 9.21. The van der Waals surface area contributed by atoms with Gasteiger partial charge in [-0.25, -0.2) is 0 Å². The van der Waals surface area contributed by atoms with Gasteiger partial charge in [0.25, 0.3) is 0 Å². The van der Waals surface area contributed by atoms with Gasteiger partial charge in [0.2, 0.25) is 17.7 Å². The van der Waals surface area contributed by atoms with Gasteiger partial charge in [0.1, 0.15) is 12.2 Å². The van der Waals surface area contributed by atoms with Crippen molar-refractivity contribution in [2.24, 2.45) is 0 Å². The topological polar surface area (TPSA) is 97.2 Å². The predicted molar refractivity (Wildman–Crippen MR) is 96.4 cm³/mol. The standard InChI is InChI=1S/C19H21N5O3/c25-17(12-23-18(26)6-7-19(23)27)21-9-10-24-16(13-4-5-13)11-15(22-24)14-3-1-2-8-20-14/h1-3,8,11,13H,4-7,9-10,12H2,(H,21,25). The van der Waals surface area contributed by atoms with Crippen LogP contribution in [0.2, 0.25) is 0 Å². The molecule has 0 atom stereocenters. The van der Waals surface area contributed by atoms with Gasteiger partial charge < -0.3 is 5.32 Å². The Kier molecular flexibility index (Phi) is 4.70. The second-order valence-corrected chi connectivity index (χ2v) is 6.89. The van der Waals surface area contributed by atoms with Gasteiger partial charge in [0.05, 0.1) is 12.2 Å². The van der Waals surface area contributed by atoms with E-state index >= 15 is 0 Å². The van der Waals surface area contributed by atoms with Gasteiger partial charge >= 0.3 is 0 Å². The molecule has 1 saturated carbocycles. The van der Waals surface area contributed by atoms with Crippen molar-refractivity contribution in [2.45, 2.75) is 38.1 Å². The lowest BCUT2D eigenvalue weighted by Gasteiger charge is -2.13. The average Bonchev–Trinajstić information content (AvgIpc) is 3.37. The molecule has 27 heavy (non-hydrogen) atoms. The lowest BCUT2D eigenvalue weighted by Crippen LogP contribution is -2.40. The number of nitrogens with zero attached hydrogens (tertiary/aromatic N) is 4. The van der Waals surface area contributed by atoms with Crippen LogP contribution in [0.15, 0.2) is 30.5 Å². The quantitative estimate of drug-likeness (QED) is 0.739. The molecule has 2 aromatic heterocycles. The van der Waals surface area contributed by atoms with Crippen LogP contribution in [0.1, 0.15) is 37.3 Å². The Labute approximate surface area is 156 Å². The average molecular weight is 367 g/mol. The van der Waals surface area contributed by atoms with E-state index in [1.165, 1.54) is 0 Å². The van der Waals surface area contributed by atoms with Gasteiger partial charge in [0.15, 0.2) is 0 Å². The summed E-state index contributed by atoms with van der Waals surface area (Å²) in [6.45, 7) is 0.718. The van der Waals surface area contributed by atoms with Gasteiger partial charge in [-0.05, 0) is 31.0 Å². The SMILES string of the molecule is O=C(CN1C(=O)CCC1=O)NCCn1nc(-c2ccccn2)cc1C1CC1. The molecule has 1 saturated heterocycles. The fourth-order valence-electron chi connectivity index (χ4n) is 3.26. The molecule has 8 heteroatoms. The summed E-state index contributed by atoms with van der Waals surface area (Å²) in [5.74, 6) is -0.370. The summed E-state index contributed by atoms with van der Waals surface area (Å²) in [5.41, 5.74) is 2.82. The van der Waals surface area contributed by atoms with Crippen molar-refractivity contribution >= 4 is 17.7 Å². The highest BCUT2D eigenvalue weighted by atomic mass is 16.2. The number of rotatable bonds is 7. The molecule has 2 fully saturated rings. The first-order chi connectivity index (χ1) is 13.1. The maximum Gasteiger partial charge on any atom is 0.240 e. The zero-order valence-corrected chi connectivity index (χ0v) is 14.9. The third-order valence-electron chi connectivity index (χ3n) is 4.84. The van der Waals surface area contributed by atoms with Crippen molar-refractivity contribution in [1.82, 2.24) is 25.0 Å². The Morgan fingerprint density at radius 1 is 1.15 bits per heavy atom. The largest absolute Gasteiger partial charge is 0.353 e. The first kappa shape index (κ1) is 17.4. The zero-order valence-electron chi connectivity index (χ0n) is 14.9. The predicted octanol–water partition coefficient (Wildman–Crippen LogP) is 1.09. The van der Waals surface area contributed by atoms with Crippen LogP contribution in [-0.2, 0) is 20.9 Å². The minimum absolute atomic E-state index is 0.195. The highest BCUT2D eigenvalue weighted by Gasteiger charge is 2.31. The Balaban J connectivity index is 1.36. The summed E-state index contributed by atoms with van der Waals surface area (Å²) < 4.78 is 1.92. The summed E-state index contributed by atoms with van der Waals surface area (Å²) in [5, 5.41) is 7.42. The maximum atomic E-state index is 12.0. The molecule has 4 rings (SSSR count). The van der Waals surface area contributed by atoms with Gasteiger partial charge in [-0.1, -0.05) is 6.07 Å². The number of hydrogen-bond acceptors (Lipinski definition) is 5. The van der Waals surface area contributed by atoms with Crippen LogP contribution in [0.3, 0.4) is 0 Å². The number of amides is 3. The van der Waals surface area contributed by atoms with Gasteiger partial charge in [-0.3, -0.25) is 28.9 Å². The zero-order chi connectivity index (χ0) is 18.8. The third kappa shape index (κ3) is 3.89. The molecule has 0 aromatic carbocycles. The van der Waals surface area contributed by atoms with E-state index in [1.807, 2.05) is 22.9 Å². The molecule has 0 bridgehead atoms. The Bertz CT molecular complexity index is 857. The molecule has 0 radical (unpaired) electrons. The van der Waals surface area contributed by atoms with Gasteiger partial charge in [-0.15, -0.1) is 0 Å². The number of nitrogens with one attached hydrogen (secondary N) is 1. The molecule has 140 valence electrons. The highest BCUT2D eigenvalue weighted by Crippen LogP contribution is 2.41. The summed E-state index contributed by atoms with van der Waals surface area (Å²) in [7, 11) is 0. The first-order valence-corrected chi connectivity index (χ1v) is 9.21. The number of hydrogen-bond donors (Lipinski definition) is 1. The second-order valence-electron chi connectivity index (χ2n) is 6.89. The van der Waals surface area contributed by atoms with Crippen molar-refractivity contribution in [3.05, 3.63) is 36.2 Å². The third-order valence-corrected chi connectivity index (χ3v) is 4.84. The molecule has 3 amide bonds. The summed E-state index contributed by atoms with van der Waals surface area (Å²) in [6.07, 6.45) is 4.44. The smallest absolute Gasteiger partial charge is 0.240 e. The van der Waals surface area contributed by atoms with Crippen molar-refractivity contribution in [2.75, 3.05) is 13.1 Å². The number of likely N-dealkylation sites (tertiary alicyclic amines) is 1. The molecule has 1 N–H and O–H groups in total. The molecule has 3 heterocycles. The summed E-state index contributed by atoms with van der Waals surface area (Å²) in [6, 6.07) is 7.80. The van der Waals surface area contributed by atoms with Crippen molar-refractivity contribution < 1.29 is 14.4 Å². The van der Waals surface area contributed by atoms with E-state index in [2.05, 4.69) is 21.5 Å². The molecule has 2 aliphatic rings. The molecule has 0 spiro atoms. The molecule has 0 unspecified atom stereocenters. The number of carbonyl (C=O) groups is 3. The van der Waals surface area contributed by atoms with Gasteiger partial charge in [-0.2, -0.15) is 5.10 Å². The van der Waals surface area contributed by atoms with Crippen molar-refractivity contribution in [3.8, 4) is 11.4 Å². The number of carbonyl (C=O) groups excluding carboxylic acids is 3. The Morgan fingerprint density at radius 3 is 2.59 bits per heavy atom. The van der Waals surface area contributed by atoms with E-state index in [0.29, 0.717) is 19.0 Å². The van der Waals surface area contributed by atoms with Crippen molar-refractivity contribution in [3.63, 3.8) is 0 Å². The Hall–Kier alpha value is -3.03. The minimum Gasteiger partial charge on any atom is -0.353 e. The van der Waals surface area contributed by atoms with E-state index < -0.39 is 0 Å². The van der Waals surface area contributed by atoms with Crippen LogP contribution >= 0.6 is 0 Å². The van der Waals surface area contributed by atoms with Crippen LogP contribution in [-0.4, -0.2) is 50.5 Å². The van der Waals surface area contributed by atoms with Crippen molar-refractivity contribution in [1.29, 1.82) is 0 Å². The lowest BCUT2D eigenvalue weighted by molar-refractivity contribution is -0.142. The van der Waals surface area contributed by atoms with Crippen LogP contribution in [0.4, 0.5) is 0 Å². The van der Waals surface area contributed by atoms with E-state index in [-0.39, 0.29) is 37.1 Å². The van der Waals surface area contributed by atoms with E-state index in [0.717, 1.165) is 34.8 Å². The fraction of sp³-hybridized carbons (Fsp3) is 0.421. The van der Waals surface area contributed by atoms with Crippen LogP contribution in [0.25, 0.3) is 11.4 Å². The number of pyridine rings is 1. The fourth-order valence-corrected chi connectivity index (χ4v) is 3.26. The summed E-state index contributed by atoms with van der Waals surface area (Å²) in [4.78, 5) is 40.6. The van der Waals surface area contributed by atoms with E-state index in [1.54, 1.807) is 6.20 Å². The molecular formula is C19H21N5O3. The second kappa shape index (κ2) is 7.30. The monoisotopic (exact) mass is 367 g/mol. The van der Waals surface area contributed by atoms with E-state index in [9.17, 15) is 14.4 Å². The number of aromatic nitrogens is 3. The molecule has 2 aromatic rings. The lowest BCUT2D eigenvalue weighted by atomic mass is 10.2. The van der Waals surface area contributed by atoms with Gasteiger partial charge in [0, 0.05) is 37.2 Å². The van der Waals surface area contributed by atoms with Crippen LogP contribution in [0.5, 0.6) is 0 Å². The Morgan fingerprint density at radius 2 is 1.93 bits per heavy atom.